The quantitative estimate of drug-likeness (QED) is 0.775. The van der Waals surface area contributed by atoms with Crippen molar-refractivity contribution in [2.75, 3.05) is 13.1 Å². The van der Waals surface area contributed by atoms with Gasteiger partial charge in [-0.15, -0.1) is 0 Å². The molecule has 19 heavy (non-hydrogen) atoms. The number of likely N-dealkylation sites (tertiary alicyclic amines) is 1. The minimum atomic E-state index is -0.832. The number of halogens is 1. The lowest BCUT2D eigenvalue weighted by molar-refractivity contribution is 0.171. The van der Waals surface area contributed by atoms with Gasteiger partial charge in [-0.2, -0.15) is 0 Å². The molecule has 0 aromatic heterocycles. The fourth-order valence-electron chi connectivity index (χ4n) is 2.97. The summed E-state index contributed by atoms with van der Waals surface area (Å²) in [6, 6.07) is 10.1. The number of nitrogens with zero attached hydrogens (tertiary/aromatic N) is 1. The van der Waals surface area contributed by atoms with Crippen molar-refractivity contribution in [3.8, 4) is 0 Å². The summed E-state index contributed by atoms with van der Waals surface area (Å²) in [5.74, 6) is 0.853. The Balaban J connectivity index is 1.59. The molecule has 0 bridgehead atoms. The van der Waals surface area contributed by atoms with Gasteiger partial charge in [-0.05, 0) is 49.8 Å². The lowest BCUT2D eigenvalue weighted by Crippen LogP contribution is -2.37. The summed E-state index contributed by atoms with van der Waals surface area (Å²) >= 11 is 0. The monoisotopic (exact) mass is 259 g/mol. The summed E-state index contributed by atoms with van der Waals surface area (Å²) in [7, 11) is 0. The molecule has 1 saturated heterocycles. The third kappa shape index (κ3) is 3.44. The largest absolute Gasteiger partial charge is 0.297 e. The van der Waals surface area contributed by atoms with Crippen LogP contribution in [0.1, 0.15) is 31.2 Å². The van der Waals surface area contributed by atoms with Crippen LogP contribution in [0.5, 0.6) is 0 Å². The van der Waals surface area contributed by atoms with Crippen molar-refractivity contribution in [1.82, 2.24) is 4.90 Å². The van der Waals surface area contributed by atoms with E-state index in [1.54, 1.807) is 6.08 Å². The Bertz CT molecular complexity index is 424. The maximum atomic E-state index is 14.4. The van der Waals surface area contributed by atoms with E-state index in [2.05, 4.69) is 4.90 Å². The Hall–Kier alpha value is -1.15. The van der Waals surface area contributed by atoms with Crippen LogP contribution in [0, 0.1) is 5.92 Å². The summed E-state index contributed by atoms with van der Waals surface area (Å²) in [5, 5.41) is 0. The van der Waals surface area contributed by atoms with Gasteiger partial charge in [0, 0.05) is 12.6 Å². The summed E-state index contributed by atoms with van der Waals surface area (Å²) in [4.78, 5) is 2.37. The minimum absolute atomic E-state index is 0.112. The molecule has 0 N–H and O–H groups in total. The second-order valence-electron chi connectivity index (χ2n) is 5.86. The molecule has 1 heterocycles. The molecule has 0 amide bonds. The Kier molecular flexibility index (Phi) is 3.97. The van der Waals surface area contributed by atoms with Crippen molar-refractivity contribution in [2.24, 2.45) is 5.92 Å². The van der Waals surface area contributed by atoms with E-state index < -0.39 is 6.17 Å². The van der Waals surface area contributed by atoms with E-state index in [0.717, 1.165) is 37.4 Å². The maximum absolute atomic E-state index is 14.4. The van der Waals surface area contributed by atoms with Gasteiger partial charge in [0.1, 0.15) is 6.17 Å². The summed E-state index contributed by atoms with van der Waals surface area (Å²) in [5.41, 5.74) is 1.08. The van der Waals surface area contributed by atoms with Crippen molar-refractivity contribution in [2.45, 2.75) is 37.9 Å². The first kappa shape index (κ1) is 12.9. The van der Waals surface area contributed by atoms with Crippen LogP contribution >= 0.6 is 0 Å². The lowest BCUT2D eigenvalue weighted by Gasteiger charge is -2.25. The number of benzene rings is 1. The van der Waals surface area contributed by atoms with Gasteiger partial charge < -0.3 is 0 Å². The highest BCUT2D eigenvalue weighted by molar-refractivity contribution is 5.49. The molecule has 2 heteroatoms. The molecule has 1 aromatic carbocycles. The molecule has 0 radical (unpaired) electrons. The van der Waals surface area contributed by atoms with Gasteiger partial charge >= 0.3 is 0 Å². The van der Waals surface area contributed by atoms with E-state index in [1.165, 1.54) is 12.8 Å². The van der Waals surface area contributed by atoms with Crippen LogP contribution < -0.4 is 0 Å². The molecule has 2 fully saturated rings. The number of hydrogen-bond donors (Lipinski definition) is 0. The highest BCUT2D eigenvalue weighted by Gasteiger charge is 2.34. The second-order valence-corrected chi connectivity index (χ2v) is 5.86. The van der Waals surface area contributed by atoms with Crippen LogP contribution in [0.2, 0.25) is 0 Å². The zero-order valence-electron chi connectivity index (χ0n) is 11.3. The van der Waals surface area contributed by atoms with Gasteiger partial charge in [-0.1, -0.05) is 36.4 Å². The first-order valence-electron chi connectivity index (χ1n) is 7.44. The predicted molar refractivity (Wildman–Crippen MR) is 77.7 cm³/mol. The third-order valence-electron chi connectivity index (χ3n) is 4.24. The molecule has 2 unspecified atom stereocenters. The molecular formula is C17H22FN. The molecule has 1 aliphatic heterocycles. The summed E-state index contributed by atoms with van der Waals surface area (Å²) < 4.78 is 14.4. The molecule has 1 nitrogen and oxygen atoms in total. The Labute approximate surface area is 115 Å². The SMILES string of the molecule is FC(C=Cc1ccccc1)C1CCCN1CC1CC1. The van der Waals surface area contributed by atoms with Crippen LogP contribution in [-0.4, -0.2) is 30.2 Å². The van der Waals surface area contributed by atoms with Crippen molar-refractivity contribution >= 4 is 6.08 Å². The van der Waals surface area contributed by atoms with Gasteiger partial charge in [-0.3, -0.25) is 4.90 Å². The number of hydrogen-bond acceptors (Lipinski definition) is 1. The average Bonchev–Trinajstić information content (AvgIpc) is 3.13. The Morgan fingerprint density at radius 3 is 2.74 bits per heavy atom. The molecular weight excluding hydrogens is 237 g/mol. The van der Waals surface area contributed by atoms with Crippen LogP contribution in [0.15, 0.2) is 36.4 Å². The number of rotatable bonds is 5. The Morgan fingerprint density at radius 1 is 1.21 bits per heavy atom. The van der Waals surface area contributed by atoms with Crippen LogP contribution in [0.25, 0.3) is 6.08 Å². The smallest absolute Gasteiger partial charge is 0.134 e. The first-order valence-corrected chi connectivity index (χ1v) is 7.44. The van der Waals surface area contributed by atoms with E-state index in [-0.39, 0.29) is 6.04 Å². The molecule has 1 aliphatic carbocycles. The molecule has 2 atom stereocenters. The van der Waals surface area contributed by atoms with Gasteiger partial charge in [-0.25, -0.2) is 4.39 Å². The molecule has 102 valence electrons. The predicted octanol–water partition coefficient (Wildman–Crippen LogP) is 3.91. The van der Waals surface area contributed by atoms with E-state index in [1.807, 2.05) is 36.4 Å². The minimum Gasteiger partial charge on any atom is -0.297 e. The molecule has 1 saturated carbocycles. The molecule has 0 spiro atoms. The van der Waals surface area contributed by atoms with Crippen molar-refractivity contribution < 1.29 is 4.39 Å². The fourth-order valence-corrected chi connectivity index (χ4v) is 2.97. The van der Waals surface area contributed by atoms with Gasteiger partial charge in [0.05, 0.1) is 0 Å². The second kappa shape index (κ2) is 5.87. The summed E-state index contributed by atoms with van der Waals surface area (Å²) in [6.07, 6.45) is 7.68. The molecule has 1 aromatic rings. The van der Waals surface area contributed by atoms with Crippen molar-refractivity contribution in [3.05, 3.63) is 42.0 Å². The Morgan fingerprint density at radius 2 is 2.00 bits per heavy atom. The van der Waals surface area contributed by atoms with Gasteiger partial charge in [0.15, 0.2) is 0 Å². The zero-order valence-corrected chi connectivity index (χ0v) is 11.3. The van der Waals surface area contributed by atoms with Crippen LogP contribution in [0.3, 0.4) is 0 Å². The van der Waals surface area contributed by atoms with Crippen molar-refractivity contribution in [1.29, 1.82) is 0 Å². The van der Waals surface area contributed by atoms with Crippen LogP contribution in [0.4, 0.5) is 4.39 Å². The van der Waals surface area contributed by atoms with Gasteiger partial charge in [0.25, 0.3) is 0 Å². The zero-order chi connectivity index (χ0) is 13.1. The highest BCUT2D eigenvalue weighted by atomic mass is 19.1. The van der Waals surface area contributed by atoms with Crippen molar-refractivity contribution in [3.63, 3.8) is 0 Å². The molecule has 3 rings (SSSR count). The highest BCUT2D eigenvalue weighted by Crippen LogP contribution is 2.33. The standard InChI is InChI=1S/C17H22FN/c18-16(11-10-14-5-2-1-3-6-14)17-7-4-12-19(17)13-15-8-9-15/h1-3,5-6,10-11,15-17H,4,7-9,12-13H2. The first-order chi connectivity index (χ1) is 9.33. The van der Waals surface area contributed by atoms with E-state index in [9.17, 15) is 4.39 Å². The number of alkyl halides is 1. The lowest BCUT2D eigenvalue weighted by atomic mass is 10.1. The normalized spacial score (nSPS) is 26.1. The van der Waals surface area contributed by atoms with E-state index >= 15 is 0 Å². The fraction of sp³-hybridized carbons (Fsp3) is 0.529. The van der Waals surface area contributed by atoms with Gasteiger partial charge in [0.2, 0.25) is 0 Å². The molecule has 2 aliphatic rings. The average molecular weight is 259 g/mol. The maximum Gasteiger partial charge on any atom is 0.134 e. The van der Waals surface area contributed by atoms with E-state index in [0.29, 0.717) is 0 Å². The topological polar surface area (TPSA) is 3.24 Å². The van der Waals surface area contributed by atoms with E-state index in [4.69, 9.17) is 0 Å². The summed E-state index contributed by atoms with van der Waals surface area (Å²) in [6.45, 7) is 2.20. The van der Waals surface area contributed by atoms with Crippen LogP contribution in [-0.2, 0) is 0 Å². The third-order valence-corrected chi connectivity index (χ3v) is 4.24.